The summed E-state index contributed by atoms with van der Waals surface area (Å²) < 4.78 is 0. The van der Waals surface area contributed by atoms with Crippen molar-refractivity contribution >= 4 is 23.3 Å². The minimum absolute atomic E-state index is 0.100. The number of rotatable bonds is 4. The van der Waals surface area contributed by atoms with E-state index in [1.807, 2.05) is 11.0 Å². The fraction of sp³-hybridized carbons (Fsp3) is 0.462. The smallest absolute Gasteiger partial charge is 0.237 e. The zero-order valence-corrected chi connectivity index (χ0v) is 11.2. The molecule has 5 nitrogen and oxygen atoms in total. The molecule has 1 heterocycles. The summed E-state index contributed by atoms with van der Waals surface area (Å²) in [6.45, 7) is 0.100. The molecule has 0 bridgehead atoms. The molecule has 0 aromatic carbocycles. The minimum Gasteiger partial charge on any atom is -0.368 e. The molecule has 2 N–H and O–H groups in total. The molecule has 1 aliphatic carbocycles. The molecular formula is C13H15ClN4O. The van der Waals surface area contributed by atoms with Gasteiger partial charge in [0.25, 0.3) is 0 Å². The Bertz CT molecular complexity index is 520. The highest BCUT2D eigenvalue weighted by atomic mass is 35.5. The van der Waals surface area contributed by atoms with Crippen molar-refractivity contribution in [2.45, 2.75) is 31.7 Å². The molecule has 2 rings (SSSR count). The first kappa shape index (κ1) is 13.6. The number of primary amides is 1. The second-order valence-corrected chi connectivity index (χ2v) is 5.07. The van der Waals surface area contributed by atoms with Crippen LogP contribution in [0.3, 0.4) is 0 Å². The number of halogens is 1. The molecule has 1 aromatic rings. The van der Waals surface area contributed by atoms with E-state index in [2.05, 4.69) is 4.98 Å². The largest absolute Gasteiger partial charge is 0.368 e. The van der Waals surface area contributed by atoms with Gasteiger partial charge in [-0.1, -0.05) is 24.4 Å². The number of anilines is 1. The second kappa shape index (κ2) is 5.89. The molecule has 0 aliphatic heterocycles. The quantitative estimate of drug-likeness (QED) is 0.852. The van der Waals surface area contributed by atoms with Crippen LogP contribution in [0.1, 0.15) is 31.2 Å². The van der Waals surface area contributed by atoms with Crippen LogP contribution in [0.5, 0.6) is 0 Å². The van der Waals surface area contributed by atoms with Crippen molar-refractivity contribution in [3.05, 3.63) is 22.8 Å². The van der Waals surface area contributed by atoms with Gasteiger partial charge < -0.3 is 10.6 Å². The van der Waals surface area contributed by atoms with E-state index in [9.17, 15) is 4.79 Å². The van der Waals surface area contributed by atoms with Crippen molar-refractivity contribution in [2.75, 3.05) is 11.4 Å². The normalized spacial score (nSPS) is 15.2. The Labute approximate surface area is 117 Å². The molecule has 19 heavy (non-hydrogen) atoms. The molecule has 0 radical (unpaired) electrons. The summed E-state index contributed by atoms with van der Waals surface area (Å²) in [5.74, 6) is 0.141. The van der Waals surface area contributed by atoms with Crippen molar-refractivity contribution in [3.63, 3.8) is 0 Å². The Hall–Kier alpha value is -1.80. The standard InChI is InChI=1S/C13H15ClN4O/c14-11-5-9(7-15)6-13(17-11)18(8-12(16)19)10-3-1-2-4-10/h5-6,10H,1-4,8H2,(H2,16,19). The average molecular weight is 279 g/mol. The summed E-state index contributed by atoms with van der Waals surface area (Å²) in [6.07, 6.45) is 4.27. The predicted octanol–water partition coefficient (Wildman–Crippen LogP) is 1.84. The highest BCUT2D eigenvalue weighted by Gasteiger charge is 2.25. The SMILES string of the molecule is N#Cc1cc(Cl)nc(N(CC(N)=O)C2CCCC2)c1. The predicted molar refractivity (Wildman–Crippen MR) is 72.8 cm³/mol. The number of carbonyl (C=O) groups excluding carboxylic acids is 1. The van der Waals surface area contributed by atoms with Crippen molar-refractivity contribution in [2.24, 2.45) is 5.73 Å². The molecule has 1 aromatic heterocycles. The fourth-order valence-corrected chi connectivity index (χ4v) is 2.68. The molecule has 0 saturated heterocycles. The maximum absolute atomic E-state index is 11.2. The van der Waals surface area contributed by atoms with Gasteiger partial charge in [-0.25, -0.2) is 4.98 Å². The summed E-state index contributed by atoms with van der Waals surface area (Å²) >= 11 is 5.91. The topological polar surface area (TPSA) is 83.0 Å². The Morgan fingerprint density at radius 2 is 2.21 bits per heavy atom. The van der Waals surface area contributed by atoms with Crippen LogP contribution in [-0.4, -0.2) is 23.5 Å². The molecule has 1 aliphatic rings. The zero-order chi connectivity index (χ0) is 13.8. The summed E-state index contributed by atoms with van der Waals surface area (Å²) in [4.78, 5) is 17.3. The lowest BCUT2D eigenvalue weighted by Crippen LogP contribution is -2.40. The van der Waals surface area contributed by atoms with Crippen LogP contribution in [0.25, 0.3) is 0 Å². The van der Waals surface area contributed by atoms with Gasteiger partial charge in [-0.15, -0.1) is 0 Å². The molecule has 6 heteroatoms. The summed E-state index contributed by atoms with van der Waals surface area (Å²) in [5, 5.41) is 9.22. The van der Waals surface area contributed by atoms with Gasteiger partial charge in [0.2, 0.25) is 5.91 Å². The van der Waals surface area contributed by atoms with E-state index < -0.39 is 5.91 Å². The number of nitriles is 1. The van der Waals surface area contributed by atoms with Gasteiger partial charge in [0.05, 0.1) is 18.2 Å². The number of amides is 1. The highest BCUT2D eigenvalue weighted by Crippen LogP contribution is 2.28. The lowest BCUT2D eigenvalue weighted by atomic mass is 10.2. The third-order valence-corrected chi connectivity index (χ3v) is 3.49. The van der Waals surface area contributed by atoms with Gasteiger partial charge in [-0.05, 0) is 25.0 Å². The van der Waals surface area contributed by atoms with Gasteiger partial charge >= 0.3 is 0 Å². The molecule has 0 atom stereocenters. The molecular weight excluding hydrogens is 264 g/mol. The maximum Gasteiger partial charge on any atom is 0.237 e. The summed E-state index contributed by atoms with van der Waals surface area (Å²) in [5.41, 5.74) is 5.73. The van der Waals surface area contributed by atoms with Gasteiger partial charge in [0.1, 0.15) is 11.0 Å². The van der Waals surface area contributed by atoms with Crippen LogP contribution < -0.4 is 10.6 Å². The number of hydrogen-bond donors (Lipinski definition) is 1. The number of nitrogens with zero attached hydrogens (tertiary/aromatic N) is 3. The Morgan fingerprint density at radius 1 is 1.53 bits per heavy atom. The van der Waals surface area contributed by atoms with Crippen LogP contribution in [0, 0.1) is 11.3 Å². The third-order valence-electron chi connectivity index (χ3n) is 3.30. The fourth-order valence-electron chi connectivity index (χ4n) is 2.48. The van der Waals surface area contributed by atoms with Crippen LogP contribution >= 0.6 is 11.6 Å². The molecule has 0 spiro atoms. The van der Waals surface area contributed by atoms with Gasteiger partial charge in [-0.2, -0.15) is 5.26 Å². The van der Waals surface area contributed by atoms with Gasteiger partial charge in [0.15, 0.2) is 0 Å². The number of aromatic nitrogens is 1. The van der Waals surface area contributed by atoms with E-state index in [4.69, 9.17) is 22.6 Å². The monoisotopic (exact) mass is 278 g/mol. The molecule has 1 saturated carbocycles. The Kier molecular flexibility index (Phi) is 4.23. The van der Waals surface area contributed by atoms with E-state index in [0.29, 0.717) is 11.4 Å². The first-order valence-corrected chi connectivity index (χ1v) is 6.60. The lowest BCUT2D eigenvalue weighted by molar-refractivity contribution is -0.116. The molecule has 0 unspecified atom stereocenters. The first-order chi connectivity index (χ1) is 9.10. The number of nitrogens with two attached hydrogens (primary N) is 1. The van der Waals surface area contributed by atoms with Gasteiger partial charge in [-0.3, -0.25) is 4.79 Å². The second-order valence-electron chi connectivity index (χ2n) is 4.68. The van der Waals surface area contributed by atoms with E-state index >= 15 is 0 Å². The maximum atomic E-state index is 11.2. The van der Waals surface area contributed by atoms with Crippen molar-refractivity contribution in [1.29, 1.82) is 5.26 Å². The Balaban J connectivity index is 2.34. The zero-order valence-electron chi connectivity index (χ0n) is 10.5. The minimum atomic E-state index is -0.410. The van der Waals surface area contributed by atoms with Crippen molar-refractivity contribution in [3.8, 4) is 6.07 Å². The third kappa shape index (κ3) is 3.36. The van der Waals surface area contributed by atoms with E-state index in [1.165, 1.54) is 6.07 Å². The average Bonchev–Trinajstić information content (AvgIpc) is 2.88. The summed E-state index contributed by atoms with van der Waals surface area (Å²) in [7, 11) is 0. The lowest BCUT2D eigenvalue weighted by Gasteiger charge is -2.29. The van der Waals surface area contributed by atoms with Crippen LogP contribution in [0.15, 0.2) is 12.1 Å². The molecule has 100 valence electrons. The number of carbonyl (C=O) groups is 1. The van der Waals surface area contributed by atoms with Crippen LogP contribution in [0.2, 0.25) is 5.15 Å². The van der Waals surface area contributed by atoms with E-state index in [-0.39, 0.29) is 17.7 Å². The van der Waals surface area contributed by atoms with E-state index in [1.54, 1.807) is 6.07 Å². The van der Waals surface area contributed by atoms with Crippen molar-refractivity contribution < 1.29 is 4.79 Å². The van der Waals surface area contributed by atoms with Gasteiger partial charge in [0, 0.05) is 6.04 Å². The van der Waals surface area contributed by atoms with Crippen LogP contribution in [0.4, 0.5) is 5.82 Å². The number of pyridine rings is 1. The van der Waals surface area contributed by atoms with E-state index in [0.717, 1.165) is 25.7 Å². The van der Waals surface area contributed by atoms with Crippen LogP contribution in [-0.2, 0) is 4.79 Å². The first-order valence-electron chi connectivity index (χ1n) is 6.23. The number of hydrogen-bond acceptors (Lipinski definition) is 4. The molecule has 1 amide bonds. The highest BCUT2D eigenvalue weighted by molar-refractivity contribution is 6.29. The Morgan fingerprint density at radius 3 is 2.79 bits per heavy atom. The summed E-state index contributed by atoms with van der Waals surface area (Å²) in [6, 6.07) is 5.43. The molecule has 1 fully saturated rings. The van der Waals surface area contributed by atoms with Crippen molar-refractivity contribution in [1.82, 2.24) is 4.98 Å².